The van der Waals surface area contributed by atoms with Gasteiger partial charge in [-0.05, 0) is 12.8 Å². The number of imidazole rings is 1. The lowest BCUT2D eigenvalue weighted by Gasteiger charge is -2.03. The highest BCUT2D eigenvalue weighted by molar-refractivity contribution is 5.39. The van der Waals surface area contributed by atoms with Crippen molar-refractivity contribution < 1.29 is 0 Å². The molecule has 15 heavy (non-hydrogen) atoms. The Hall–Kier alpha value is -1.43. The van der Waals surface area contributed by atoms with Gasteiger partial charge in [0.2, 0.25) is 0 Å². The predicted octanol–water partition coefficient (Wildman–Crippen LogP) is 2.00. The van der Waals surface area contributed by atoms with Crippen molar-refractivity contribution >= 4 is 5.82 Å². The van der Waals surface area contributed by atoms with Crippen molar-refractivity contribution in [2.75, 3.05) is 5.73 Å². The molecule has 0 aliphatic heterocycles. The van der Waals surface area contributed by atoms with Crippen molar-refractivity contribution in [2.45, 2.75) is 46.1 Å². The van der Waals surface area contributed by atoms with Crippen LogP contribution >= 0.6 is 0 Å². The zero-order chi connectivity index (χ0) is 11.3. The van der Waals surface area contributed by atoms with E-state index in [0.29, 0.717) is 6.54 Å². The number of nitrogens with zero attached hydrogens (tertiary/aromatic N) is 2. The van der Waals surface area contributed by atoms with Crippen LogP contribution in [-0.4, -0.2) is 9.55 Å². The molecule has 2 N–H and O–H groups in total. The van der Waals surface area contributed by atoms with Crippen LogP contribution in [0.2, 0.25) is 0 Å². The van der Waals surface area contributed by atoms with Crippen molar-refractivity contribution in [3.05, 3.63) is 11.5 Å². The van der Waals surface area contributed by atoms with Crippen LogP contribution in [0.4, 0.5) is 5.82 Å². The zero-order valence-electron chi connectivity index (χ0n) is 9.58. The van der Waals surface area contributed by atoms with Crippen LogP contribution in [0.1, 0.15) is 38.2 Å². The van der Waals surface area contributed by atoms with Gasteiger partial charge in [-0.2, -0.15) is 0 Å². The number of rotatable bonds is 5. The summed E-state index contributed by atoms with van der Waals surface area (Å²) in [5, 5.41) is 0. The normalized spacial score (nSPS) is 10.2. The van der Waals surface area contributed by atoms with E-state index in [1.54, 1.807) is 0 Å². The maximum absolute atomic E-state index is 6.01. The second kappa shape index (κ2) is 5.45. The second-order valence-electron chi connectivity index (χ2n) is 3.61. The average Bonchev–Trinajstić information content (AvgIpc) is 2.54. The van der Waals surface area contributed by atoms with E-state index >= 15 is 0 Å². The van der Waals surface area contributed by atoms with Crippen molar-refractivity contribution in [2.24, 2.45) is 0 Å². The summed E-state index contributed by atoms with van der Waals surface area (Å²) in [5.41, 5.74) is 7.02. The maximum Gasteiger partial charge on any atom is 0.127 e. The van der Waals surface area contributed by atoms with E-state index < -0.39 is 0 Å². The summed E-state index contributed by atoms with van der Waals surface area (Å²) in [6, 6.07) is 0. The number of aryl methyl sites for hydroxylation is 2. The number of nitrogens with two attached hydrogens (primary N) is 1. The molecule has 82 valence electrons. The topological polar surface area (TPSA) is 43.8 Å². The Morgan fingerprint density at radius 2 is 2.20 bits per heavy atom. The molecule has 0 atom stereocenters. The fraction of sp³-hybridized carbons (Fsp3) is 0.583. The molecule has 0 saturated carbocycles. The summed E-state index contributed by atoms with van der Waals surface area (Å²) >= 11 is 0. The largest absolute Gasteiger partial charge is 0.384 e. The number of hydrogen-bond acceptors (Lipinski definition) is 2. The van der Waals surface area contributed by atoms with Gasteiger partial charge in [0.1, 0.15) is 11.6 Å². The number of hydrogen-bond donors (Lipinski definition) is 1. The van der Waals surface area contributed by atoms with Crippen LogP contribution in [0.5, 0.6) is 0 Å². The third-order valence-electron chi connectivity index (χ3n) is 2.49. The molecule has 0 amide bonds. The van der Waals surface area contributed by atoms with Gasteiger partial charge in [0, 0.05) is 6.42 Å². The van der Waals surface area contributed by atoms with Gasteiger partial charge in [0.15, 0.2) is 0 Å². The molecule has 0 aliphatic carbocycles. The predicted molar refractivity (Wildman–Crippen MR) is 63.5 cm³/mol. The molecule has 1 aromatic heterocycles. The summed E-state index contributed by atoms with van der Waals surface area (Å²) in [7, 11) is 0. The Morgan fingerprint density at radius 3 is 2.73 bits per heavy atom. The standard InChI is InChI=1S/C12H19N3/c1-4-7-8-10-12(13)15(9-5-2)11(6-3)14-10/h2H,4,6-9,13H2,1,3H3. The first kappa shape index (κ1) is 11.6. The van der Waals surface area contributed by atoms with Crippen LogP contribution in [-0.2, 0) is 19.4 Å². The van der Waals surface area contributed by atoms with Crippen LogP contribution in [0.3, 0.4) is 0 Å². The van der Waals surface area contributed by atoms with Gasteiger partial charge in [0.25, 0.3) is 0 Å². The molecule has 0 aliphatic rings. The summed E-state index contributed by atoms with van der Waals surface area (Å²) in [6.45, 7) is 4.75. The number of aromatic nitrogens is 2. The Balaban J connectivity index is 2.94. The minimum Gasteiger partial charge on any atom is -0.384 e. The second-order valence-corrected chi connectivity index (χ2v) is 3.61. The van der Waals surface area contributed by atoms with Crippen LogP contribution < -0.4 is 5.73 Å². The maximum atomic E-state index is 6.01. The zero-order valence-corrected chi connectivity index (χ0v) is 9.58. The molecular weight excluding hydrogens is 186 g/mol. The molecule has 0 spiro atoms. The van der Waals surface area contributed by atoms with Crippen molar-refractivity contribution in [3.8, 4) is 12.3 Å². The number of nitrogen functional groups attached to an aromatic ring is 1. The van der Waals surface area contributed by atoms with Gasteiger partial charge in [-0.3, -0.25) is 0 Å². The lowest BCUT2D eigenvalue weighted by Crippen LogP contribution is -2.05. The van der Waals surface area contributed by atoms with Crippen LogP contribution in [0.15, 0.2) is 0 Å². The number of unbranched alkanes of at least 4 members (excludes halogenated alkanes) is 1. The van der Waals surface area contributed by atoms with Gasteiger partial charge in [-0.15, -0.1) is 6.42 Å². The smallest absolute Gasteiger partial charge is 0.127 e. The van der Waals surface area contributed by atoms with E-state index in [-0.39, 0.29) is 0 Å². The minimum atomic E-state index is 0.522. The molecule has 0 bridgehead atoms. The van der Waals surface area contributed by atoms with E-state index in [0.717, 1.165) is 43.0 Å². The monoisotopic (exact) mass is 205 g/mol. The van der Waals surface area contributed by atoms with E-state index in [9.17, 15) is 0 Å². The molecule has 0 aromatic carbocycles. The Bertz CT molecular complexity index is 358. The first-order valence-corrected chi connectivity index (χ1v) is 5.51. The van der Waals surface area contributed by atoms with Crippen molar-refractivity contribution in [3.63, 3.8) is 0 Å². The summed E-state index contributed by atoms with van der Waals surface area (Å²) < 4.78 is 1.94. The lowest BCUT2D eigenvalue weighted by atomic mass is 10.2. The minimum absolute atomic E-state index is 0.522. The molecule has 3 heteroatoms. The number of anilines is 1. The molecule has 0 saturated heterocycles. The van der Waals surface area contributed by atoms with Gasteiger partial charge < -0.3 is 10.3 Å². The molecule has 0 radical (unpaired) electrons. The van der Waals surface area contributed by atoms with Gasteiger partial charge in [0.05, 0.1) is 12.2 Å². The van der Waals surface area contributed by atoms with E-state index in [1.807, 2.05) is 4.57 Å². The number of terminal acetylenes is 1. The molecule has 1 rings (SSSR count). The third-order valence-corrected chi connectivity index (χ3v) is 2.49. The van der Waals surface area contributed by atoms with E-state index in [1.165, 1.54) is 0 Å². The van der Waals surface area contributed by atoms with Gasteiger partial charge in [-0.1, -0.05) is 26.2 Å². The summed E-state index contributed by atoms with van der Waals surface area (Å²) in [5.74, 6) is 4.36. The third kappa shape index (κ3) is 2.53. The molecule has 0 fully saturated rings. The first-order valence-electron chi connectivity index (χ1n) is 5.51. The highest BCUT2D eigenvalue weighted by Crippen LogP contribution is 2.17. The molecular formula is C12H19N3. The van der Waals surface area contributed by atoms with Crippen molar-refractivity contribution in [1.29, 1.82) is 0 Å². The Kier molecular flexibility index (Phi) is 4.23. The first-order chi connectivity index (χ1) is 7.24. The SMILES string of the molecule is C#CCn1c(CC)nc(CCCC)c1N. The van der Waals surface area contributed by atoms with Crippen LogP contribution in [0.25, 0.3) is 0 Å². The highest BCUT2D eigenvalue weighted by Gasteiger charge is 2.11. The van der Waals surface area contributed by atoms with Gasteiger partial charge in [-0.25, -0.2) is 4.98 Å². The quantitative estimate of drug-likeness (QED) is 0.747. The van der Waals surface area contributed by atoms with Crippen molar-refractivity contribution in [1.82, 2.24) is 9.55 Å². The fourth-order valence-corrected chi connectivity index (χ4v) is 1.63. The Morgan fingerprint density at radius 1 is 1.47 bits per heavy atom. The fourth-order valence-electron chi connectivity index (χ4n) is 1.63. The van der Waals surface area contributed by atoms with E-state index in [4.69, 9.17) is 12.2 Å². The summed E-state index contributed by atoms with van der Waals surface area (Å²) in [6.07, 6.45) is 9.41. The molecule has 3 nitrogen and oxygen atoms in total. The highest BCUT2D eigenvalue weighted by atomic mass is 15.1. The van der Waals surface area contributed by atoms with Gasteiger partial charge >= 0.3 is 0 Å². The summed E-state index contributed by atoms with van der Waals surface area (Å²) in [4.78, 5) is 4.53. The Labute approximate surface area is 91.7 Å². The van der Waals surface area contributed by atoms with E-state index in [2.05, 4.69) is 24.8 Å². The molecule has 1 aromatic rings. The molecule has 1 heterocycles. The average molecular weight is 205 g/mol. The van der Waals surface area contributed by atoms with Crippen LogP contribution in [0, 0.1) is 12.3 Å². The molecule has 0 unspecified atom stereocenters. The lowest BCUT2D eigenvalue weighted by molar-refractivity contribution is 0.767.